The normalized spacial score (nSPS) is 21.8. The summed E-state index contributed by atoms with van der Waals surface area (Å²) >= 11 is 0. The summed E-state index contributed by atoms with van der Waals surface area (Å²) < 4.78 is 0. The van der Waals surface area contributed by atoms with Gasteiger partial charge in [-0.15, -0.1) is 0 Å². The zero-order chi connectivity index (χ0) is 15.4. The number of carboxylic acid groups (broad SMARTS) is 1. The summed E-state index contributed by atoms with van der Waals surface area (Å²) in [5, 5.41) is 23.3. The van der Waals surface area contributed by atoms with Crippen molar-refractivity contribution >= 4 is 17.3 Å². The van der Waals surface area contributed by atoms with Crippen LogP contribution in [0.3, 0.4) is 0 Å². The number of benzene rings is 1. The van der Waals surface area contributed by atoms with Crippen LogP contribution >= 0.6 is 0 Å². The fraction of sp³-hybridized carbons (Fsp3) is 0.533. The molecule has 0 amide bonds. The molecule has 0 bridgehead atoms. The molecule has 1 aromatic carbocycles. The van der Waals surface area contributed by atoms with Crippen LogP contribution in [-0.4, -0.2) is 22.5 Å². The van der Waals surface area contributed by atoms with Gasteiger partial charge in [0.05, 0.1) is 4.92 Å². The molecule has 0 radical (unpaired) electrons. The van der Waals surface area contributed by atoms with Crippen molar-refractivity contribution in [3.63, 3.8) is 0 Å². The van der Waals surface area contributed by atoms with E-state index in [1.807, 2.05) is 0 Å². The molecule has 0 aliphatic heterocycles. The maximum Gasteiger partial charge on any atom is 0.342 e. The molecule has 1 fully saturated rings. The van der Waals surface area contributed by atoms with E-state index in [-0.39, 0.29) is 16.9 Å². The van der Waals surface area contributed by atoms with Crippen LogP contribution in [0.5, 0.6) is 0 Å². The van der Waals surface area contributed by atoms with Crippen LogP contribution in [0.15, 0.2) is 18.2 Å². The molecule has 2 N–H and O–H groups in total. The van der Waals surface area contributed by atoms with E-state index in [4.69, 9.17) is 5.11 Å². The molecule has 0 saturated heterocycles. The molecular formula is C15H20N2O4. The predicted octanol–water partition coefficient (Wildman–Crippen LogP) is 3.53. The van der Waals surface area contributed by atoms with Gasteiger partial charge in [0.25, 0.3) is 0 Å². The number of rotatable bonds is 5. The van der Waals surface area contributed by atoms with Gasteiger partial charge in [-0.2, -0.15) is 0 Å². The Hall–Kier alpha value is -2.11. The van der Waals surface area contributed by atoms with E-state index in [0.29, 0.717) is 18.4 Å². The second-order valence-electron chi connectivity index (χ2n) is 5.67. The average molecular weight is 292 g/mol. The standard InChI is InChI=1S/C15H20N2O4/c1-10-5-2-3-6-11(10)9-16-13-8-4-7-12(15(18)19)14(13)17(20)21/h4,7-8,10-11,16H,2-3,5-6,9H2,1H3,(H,18,19). The minimum Gasteiger partial charge on any atom is -0.477 e. The Morgan fingerprint density at radius 3 is 2.76 bits per heavy atom. The van der Waals surface area contributed by atoms with Crippen molar-refractivity contribution in [3.05, 3.63) is 33.9 Å². The van der Waals surface area contributed by atoms with Crippen LogP contribution in [0, 0.1) is 22.0 Å². The molecule has 6 heteroatoms. The molecule has 2 rings (SSSR count). The number of hydrogen-bond acceptors (Lipinski definition) is 4. The quantitative estimate of drug-likeness (QED) is 0.639. The van der Waals surface area contributed by atoms with Gasteiger partial charge < -0.3 is 10.4 Å². The highest BCUT2D eigenvalue weighted by atomic mass is 16.6. The first-order chi connectivity index (χ1) is 10.0. The first-order valence-electron chi connectivity index (χ1n) is 7.25. The maximum atomic E-state index is 11.2. The van der Waals surface area contributed by atoms with E-state index >= 15 is 0 Å². The van der Waals surface area contributed by atoms with Crippen molar-refractivity contribution in [2.45, 2.75) is 32.6 Å². The summed E-state index contributed by atoms with van der Waals surface area (Å²) in [7, 11) is 0. The Morgan fingerprint density at radius 2 is 2.14 bits per heavy atom. The minimum absolute atomic E-state index is 0.276. The summed E-state index contributed by atoms with van der Waals surface area (Å²) in [4.78, 5) is 21.6. The number of anilines is 1. The molecule has 2 atom stereocenters. The van der Waals surface area contributed by atoms with Gasteiger partial charge in [-0.1, -0.05) is 32.3 Å². The molecule has 1 aliphatic rings. The molecule has 6 nitrogen and oxygen atoms in total. The number of carboxylic acids is 1. The Bertz CT molecular complexity index is 544. The number of nitro groups is 1. The van der Waals surface area contributed by atoms with Crippen molar-refractivity contribution in [1.29, 1.82) is 0 Å². The van der Waals surface area contributed by atoms with Crippen LogP contribution in [0.4, 0.5) is 11.4 Å². The minimum atomic E-state index is -1.28. The van der Waals surface area contributed by atoms with E-state index in [1.165, 1.54) is 31.4 Å². The lowest BCUT2D eigenvalue weighted by Gasteiger charge is -2.29. The van der Waals surface area contributed by atoms with Gasteiger partial charge >= 0.3 is 11.7 Å². The molecule has 21 heavy (non-hydrogen) atoms. The van der Waals surface area contributed by atoms with Crippen molar-refractivity contribution in [2.75, 3.05) is 11.9 Å². The topological polar surface area (TPSA) is 92.5 Å². The molecule has 1 aromatic rings. The second-order valence-corrected chi connectivity index (χ2v) is 5.67. The summed E-state index contributed by atoms with van der Waals surface area (Å²) in [5.41, 5.74) is -0.340. The number of hydrogen-bond donors (Lipinski definition) is 2. The molecule has 114 valence electrons. The highest BCUT2D eigenvalue weighted by Crippen LogP contribution is 2.32. The predicted molar refractivity (Wildman–Crippen MR) is 79.7 cm³/mol. The van der Waals surface area contributed by atoms with E-state index in [9.17, 15) is 14.9 Å². The van der Waals surface area contributed by atoms with Crippen molar-refractivity contribution in [1.82, 2.24) is 0 Å². The highest BCUT2D eigenvalue weighted by molar-refractivity contribution is 5.95. The van der Waals surface area contributed by atoms with Crippen LogP contribution in [0.1, 0.15) is 43.0 Å². The molecule has 0 aromatic heterocycles. The molecule has 2 unspecified atom stereocenters. The second kappa shape index (κ2) is 6.56. The SMILES string of the molecule is CC1CCCCC1CNc1cccc(C(=O)O)c1[N+](=O)[O-]. The lowest BCUT2D eigenvalue weighted by Crippen LogP contribution is -2.24. The van der Waals surface area contributed by atoms with Gasteiger partial charge in [-0.25, -0.2) is 4.79 Å². The van der Waals surface area contributed by atoms with E-state index < -0.39 is 10.9 Å². The zero-order valence-electron chi connectivity index (χ0n) is 12.0. The van der Waals surface area contributed by atoms with E-state index in [2.05, 4.69) is 12.2 Å². The van der Waals surface area contributed by atoms with E-state index in [1.54, 1.807) is 6.07 Å². The lowest BCUT2D eigenvalue weighted by molar-refractivity contribution is -0.384. The van der Waals surface area contributed by atoms with Crippen molar-refractivity contribution in [2.24, 2.45) is 11.8 Å². The third-order valence-corrected chi connectivity index (χ3v) is 4.29. The van der Waals surface area contributed by atoms with Crippen LogP contribution in [-0.2, 0) is 0 Å². The van der Waals surface area contributed by atoms with Crippen molar-refractivity contribution in [3.8, 4) is 0 Å². The van der Waals surface area contributed by atoms with Crippen molar-refractivity contribution < 1.29 is 14.8 Å². The monoisotopic (exact) mass is 292 g/mol. The smallest absolute Gasteiger partial charge is 0.342 e. The summed E-state index contributed by atoms with van der Waals surface area (Å²) in [5.74, 6) is -0.212. The number of aromatic carboxylic acids is 1. The van der Waals surface area contributed by atoms with Crippen LogP contribution < -0.4 is 5.32 Å². The summed E-state index contributed by atoms with van der Waals surface area (Å²) in [6.07, 6.45) is 4.73. The van der Waals surface area contributed by atoms with Gasteiger partial charge in [0.2, 0.25) is 0 Å². The Labute approximate surface area is 123 Å². The summed E-state index contributed by atoms with van der Waals surface area (Å²) in [6.45, 7) is 2.85. The van der Waals surface area contributed by atoms with Gasteiger partial charge in [-0.05, 0) is 30.4 Å². The third-order valence-electron chi connectivity index (χ3n) is 4.29. The highest BCUT2D eigenvalue weighted by Gasteiger charge is 2.26. The first-order valence-corrected chi connectivity index (χ1v) is 7.25. The Kier molecular flexibility index (Phi) is 4.77. The number of carbonyl (C=O) groups is 1. The molecule has 1 saturated carbocycles. The van der Waals surface area contributed by atoms with Gasteiger partial charge in [0.15, 0.2) is 0 Å². The van der Waals surface area contributed by atoms with E-state index in [0.717, 1.165) is 6.42 Å². The first kappa shape index (κ1) is 15.3. The lowest BCUT2D eigenvalue weighted by atomic mass is 9.80. The summed E-state index contributed by atoms with van der Waals surface area (Å²) in [6, 6.07) is 4.36. The molecule has 0 heterocycles. The van der Waals surface area contributed by atoms with Gasteiger partial charge in [-0.3, -0.25) is 10.1 Å². The number of para-hydroxylation sites is 1. The average Bonchev–Trinajstić information content (AvgIpc) is 2.45. The third kappa shape index (κ3) is 3.51. The number of nitrogens with one attached hydrogen (secondary N) is 1. The molecule has 1 aliphatic carbocycles. The van der Waals surface area contributed by atoms with Crippen LogP contribution in [0.25, 0.3) is 0 Å². The maximum absolute atomic E-state index is 11.2. The Balaban J connectivity index is 2.17. The fourth-order valence-electron chi connectivity index (χ4n) is 2.99. The van der Waals surface area contributed by atoms with Gasteiger partial charge in [0.1, 0.15) is 11.3 Å². The molecular weight excluding hydrogens is 272 g/mol. The number of nitro benzene ring substituents is 1. The zero-order valence-corrected chi connectivity index (χ0v) is 12.0. The van der Waals surface area contributed by atoms with Gasteiger partial charge in [0, 0.05) is 6.54 Å². The largest absolute Gasteiger partial charge is 0.477 e. The fourth-order valence-corrected chi connectivity index (χ4v) is 2.99. The molecule has 0 spiro atoms. The van der Waals surface area contributed by atoms with Crippen LogP contribution in [0.2, 0.25) is 0 Å². The Morgan fingerprint density at radius 1 is 1.43 bits per heavy atom. The number of nitrogens with zero attached hydrogens (tertiary/aromatic N) is 1.